The summed E-state index contributed by atoms with van der Waals surface area (Å²) >= 11 is 1.47. The van der Waals surface area contributed by atoms with Crippen molar-refractivity contribution in [2.45, 2.75) is 25.8 Å². The van der Waals surface area contributed by atoms with Crippen LogP contribution in [0.5, 0.6) is 11.5 Å². The third-order valence-corrected chi connectivity index (χ3v) is 7.40. The van der Waals surface area contributed by atoms with Crippen molar-refractivity contribution in [3.05, 3.63) is 46.1 Å². The van der Waals surface area contributed by atoms with Crippen LogP contribution in [0.25, 0.3) is 0 Å². The van der Waals surface area contributed by atoms with E-state index in [0.717, 1.165) is 29.5 Å². The molecule has 3 heterocycles. The highest BCUT2D eigenvalue weighted by molar-refractivity contribution is 8.16. The van der Waals surface area contributed by atoms with Gasteiger partial charge in [-0.1, -0.05) is 18.7 Å². The predicted molar refractivity (Wildman–Crippen MR) is 135 cm³/mol. The summed E-state index contributed by atoms with van der Waals surface area (Å²) < 4.78 is 16.2. The Kier molecular flexibility index (Phi) is 7.71. The summed E-state index contributed by atoms with van der Waals surface area (Å²) in [5, 5.41) is 2.70. The Morgan fingerprint density at radius 1 is 1.06 bits per heavy atom. The second-order valence-electron chi connectivity index (χ2n) is 8.61. The summed E-state index contributed by atoms with van der Waals surface area (Å²) in [6, 6.07) is 5.02. The fourth-order valence-electron chi connectivity index (χ4n) is 4.54. The number of thioether (sulfide) groups is 1. The van der Waals surface area contributed by atoms with Gasteiger partial charge in [0.2, 0.25) is 5.91 Å². The number of hydrogen-bond donors (Lipinski definition) is 0. The molecule has 0 bridgehead atoms. The molecular weight excluding hydrogens is 468 g/mol. The second kappa shape index (κ2) is 10.7. The maximum atomic E-state index is 13.2. The topological polar surface area (TPSA) is 83.9 Å². The molecule has 0 aliphatic carbocycles. The number of amidine groups is 1. The van der Waals surface area contributed by atoms with Gasteiger partial charge in [-0.3, -0.25) is 4.79 Å². The third kappa shape index (κ3) is 5.04. The molecule has 0 N–H and O–H groups in total. The van der Waals surface area contributed by atoms with Gasteiger partial charge in [-0.25, -0.2) is 9.79 Å². The van der Waals surface area contributed by atoms with Crippen LogP contribution in [0.1, 0.15) is 31.4 Å². The lowest BCUT2D eigenvalue weighted by molar-refractivity contribution is -0.136. The lowest BCUT2D eigenvalue weighted by Crippen LogP contribution is -2.47. The van der Waals surface area contributed by atoms with E-state index in [1.165, 1.54) is 18.9 Å². The summed E-state index contributed by atoms with van der Waals surface area (Å²) in [4.78, 5) is 37.2. The quantitative estimate of drug-likeness (QED) is 0.529. The SMILES string of the molecule is CCC1=C(C(=O)OC)[C@H](c2cc(OC)cc(OC)c2)N2C(CC(=O)N3CCN(C)CC3)=CSC2=N1. The molecule has 3 aliphatic rings. The van der Waals surface area contributed by atoms with Crippen molar-refractivity contribution in [1.29, 1.82) is 0 Å². The van der Waals surface area contributed by atoms with Crippen LogP contribution in [0.3, 0.4) is 0 Å². The Labute approximate surface area is 210 Å². The number of rotatable bonds is 7. The number of fused-ring (bicyclic) bond motifs is 1. The number of aliphatic imine (C=N–C) groups is 1. The number of allylic oxidation sites excluding steroid dienone is 1. The van der Waals surface area contributed by atoms with Crippen molar-refractivity contribution in [3.8, 4) is 11.5 Å². The summed E-state index contributed by atoms with van der Waals surface area (Å²) in [7, 11) is 6.62. The molecule has 4 rings (SSSR count). The summed E-state index contributed by atoms with van der Waals surface area (Å²) in [5.74, 6) is 0.837. The van der Waals surface area contributed by atoms with Crippen molar-refractivity contribution in [1.82, 2.24) is 14.7 Å². The van der Waals surface area contributed by atoms with Crippen LogP contribution in [0.2, 0.25) is 0 Å². The highest BCUT2D eigenvalue weighted by Gasteiger charge is 2.42. The number of carbonyl (C=O) groups is 2. The van der Waals surface area contributed by atoms with Crippen LogP contribution < -0.4 is 9.47 Å². The lowest BCUT2D eigenvalue weighted by Gasteiger charge is -2.37. The van der Waals surface area contributed by atoms with E-state index in [2.05, 4.69) is 11.9 Å². The molecule has 188 valence electrons. The van der Waals surface area contributed by atoms with Gasteiger partial charge in [0.25, 0.3) is 0 Å². The van der Waals surface area contributed by atoms with Gasteiger partial charge >= 0.3 is 5.97 Å². The van der Waals surface area contributed by atoms with Crippen LogP contribution >= 0.6 is 11.8 Å². The van der Waals surface area contributed by atoms with Gasteiger partial charge in [0.05, 0.1) is 45.1 Å². The first kappa shape index (κ1) is 25.1. The molecule has 0 spiro atoms. The minimum Gasteiger partial charge on any atom is -0.497 e. The fraction of sp³-hybridized carbons (Fsp3) is 0.480. The first-order valence-corrected chi connectivity index (χ1v) is 12.5. The highest BCUT2D eigenvalue weighted by Crippen LogP contribution is 2.46. The molecule has 1 atom stereocenters. The number of carbonyl (C=O) groups excluding carboxylic acids is 2. The number of piperazine rings is 1. The van der Waals surface area contributed by atoms with Gasteiger partial charge < -0.3 is 28.9 Å². The third-order valence-electron chi connectivity index (χ3n) is 6.51. The maximum absolute atomic E-state index is 13.2. The molecule has 10 heteroatoms. The smallest absolute Gasteiger partial charge is 0.338 e. The number of nitrogens with zero attached hydrogens (tertiary/aromatic N) is 4. The van der Waals surface area contributed by atoms with Crippen LogP contribution in [0.4, 0.5) is 0 Å². The first-order chi connectivity index (χ1) is 16.9. The standard InChI is InChI=1S/C25H32N4O5S/c1-6-20-22(24(31)34-5)23(16-11-18(32-3)14-19(12-16)33-4)29-17(15-35-25(29)26-20)13-21(30)28-9-7-27(2)8-10-28/h11-12,14-15,23H,6-10,13H2,1-5H3/t23-/m0/s1. The van der Waals surface area contributed by atoms with Crippen molar-refractivity contribution < 1.29 is 23.8 Å². The predicted octanol–water partition coefficient (Wildman–Crippen LogP) is 3.01. The number of methoxy groups -OCH3 is 3. The number of ether oxygens (including phenoxy) is 3. The molecule has 0 radical (unpaired) electrons. The van der Waals surface area contributed by atoms with E-state index >= 15 is 0 Å². The fourth-order valence-corrected chi connectivity index (χ4v) is 5.48. The van der Waals surface area contributed by atoms with Gasteiger partial charge in [-0.2, -0.15) is 0 Å². The van der Waals surface area contributed by atoms with Gasteiger partial charge in [0.15, 0.2) is 5.17 Å². The number of benzene rings is 1. The Morgan fingerprint density at radius 2 is 1.71 bits per heavy atom. The molecule has 0 aromatic heterocycles. The minimum atomic E-state index is -0.532. The minimum absolute atomic E-state index is 0.0676. The molecule has 1 aromatic carbocycles. The van der Waals surface area contributed by atoms with Gasteiger partial charge in [0, 0.05) is 37.9 Å². The van der Waals surface area contributed by atoms with Crippen LogP contribution in [0.15, 0.2) is 45.6 Å². The monoisotopic (exact) mass is 500 g/mol. The van der Waals surface area contributed by atoms with Gasteiger partial charge in [-0.05, 0) is 36.6 Å². The summed E-state index contributed by atoms with van der Waals surface area (Å²) in [5.41, 5.74) is 2.72. The first-order valence-electron chi connectivity index (χ1n) is 11.6. The molecule has 0 saturated carbocycles. The van der Waals surface area contributed by atoms with E-state index in [4.69, 9.17) is 19.2 Å². The van der Waals surface area contributed by atoms with E-state index < -0.39 is 12.0 Å². The van der Waals surface area contributed by atoms with E-state index in [0.29, 0.717) is 42.3 Å². The molecule has 1 fully saturated rings. The molecule has 1 saturated heterocycles. The molecule has 35 heavy (non-hydrogen) atoms. The van der Waals surface area contributed by atoms with Gasteiger partial charge in [-0.15, -0.1) is 0 Å². The van der Waals surface area contributed by atoms with Crippen molar-refractivity contribution in [2.24, 2.45) is 4.99 Å². The molecule has 3 aliphatic heterocycles. The molecular formula is C25H32N4O5S. The number of hydrogen-bond acceptors (Lipinski definition) is 9. The zero-order valence-electron chi connectivity index (χ0n) is 20.9. The van der Waals surface area contributed by atoms with E-state index in [1.54, 1.807) is 20.3 Å². The zero-order valence-corrected chi connectivity index (χ0v) is 21.7. The van der Waals surface area contributed by atoms with E-state index in [9.17, 15) is 9.59 Å². The van der Waals surface area contributed by atoms with Crippen LogP contribution in [0, 0.1) is 0 Å². The van der Waals surface area contributed by atoms with Crippen molar-refractivity contribution in [2.75, 3.05) is 54.6 Å². The maximum Gasteiger partial charge on any atom is 0.338 e. The number of likely N-dealkylation sites (N-methyl/N-ethyl adjacent to an activating group) is 1. The van der Waals surface area contributed by atoms with Crippen LogP contribution in [-0.2, 0) is 14.3 Å². The molecule has 9 nitrogen and oxygen atoms in total. The number of esters is 1. The average Bonchev–Trinajstić information content (AvgIpc) is 3.28. The molecule has 0 unspecified atom stereocenters. The summed E-state index contributed by atoms with van der Waals surface area (Å²) in [6.07, 6.45) is 0.790. The zero-order chi connectivity index (χ0) is 25.1. The molecule has 1 aromatic rings. The summed E-state index contributed by atoms with van der Waals surface area (Å²) in [6.45, 7) is 5.10. The van der Waals surface area contributed by atoms with Gasteiger partial charge in [0.1, 0.15) is 11.5 Å². The second-order valence-corrected chi connectivity index (χ2v) is 9.44. The normalized spacial score (nSPS) is 20.3. The Hall–Kier alpha value is -2.98. The molecule has 1 amide bonds. The largest absolute Gasteiger partial charge is 0.497 e. The highest BCUT2D eigenvalue weighted by atomic mass is 32.2. The van der Waals surface area contributed by atoms with Crippen molar-refractivity contribution >= 4 is 28.8 Å². The van der Waals surface area contributed by atoms with E-state index in [-0.39, 0.29) is 12.3 Å². The van der Waals surface area contributed by atoms with Crippen molar-refractivity contribution in [3.63, 3.8) is 0 Å². The lowest BCUT2D eigenvalue weighted by atomic mass is 9.92. The Balaban J connectivity index is 1.75. The van der Waals surface area contributed by atoms with E-state index in [1.807, 2.05) is 34.3 Å². The number of amides is 1. The Bertz CT molecular complexity index is 1070. The van der Waals surface area contributed by atoms with Crippen LogP contribution in [-0.4, -0.2) is 86.3 Å². The average molecular weight is 501 g/mol. The Morgan fingerprint density at radius 3 is 2.29 bits per heavy atom.